The van der Waals surface area contributed by atoms with Crippen LogP contribution in [0.4, 0.5) is 10.1 Å². The van der Waals surface area contributed by atoms with Crippen LogP contribution in [0.2, 0.25) is 0 Å². The summed E-state index contributed by atoms with van der Waals surface area (Å²) in [5, 5.41) is 2.23. The van der Waals surface area contributed by atoms with Gasteiger partial charge in [0.05, 0.1) is 12.4 Å². The molecule has 1 amide bonds. The van der Waals surface area contributed by atoms with Crippen molar-refractivity contribution < 1.29 is 18.7 Å². The van der Waals surface area contributed by atoms with Gasteiger partial charge in [0.25, 0.3) is 0 Å². The summed E-state index contributed by atoms with van der Waals surface area (Å²) in [5.74, 6) is -0.804. The highest BCUT2D eigenvalue weighted by molar-refractivity contribution is 8.01. The van der Waals surface area contributed by atoms with Crippen LogP contribution in [0, 0.1) is 5.82 Å². The number of hydrogen-bond acceptors (Lipinski definition) is 4. The van der Waals surface area contributed by atoms with Crippen LogP contribution < -0.4 is 5.32 Å². The number of esters is 1. The van der Waals surface area contributed by atoms with E-state index in [9.17, 15) is 14.0 Å². The molecule has 2 rings (SSSR count). The Morgan fingerprint density at radius 3 is 2.50 bits per heavy atom. The normalized spacial score (nSPS) is 11.6. The van der Waals surface area contributed by atoms with E-state index in [1.54, 1.807) is 6.92 Å². The molecule has 4 nitrogen and oxygen atoms in total. The predicted molar refractivity (Wildman–Crippen MR) is 103 cm³/mol. The molecule has 0 aliphatic carbocycles. The van der Waals surface area contributed by atoms with Crippen LogP contribution in [-0.4, -0.2) is 29.5 Å². The molecule has 0 bridgehead atoms. The fourth-order valence-electron chi connectivity index (χ4n) is 2.21. The van der Waals surface area contributed by atoms with E-state index in [1.165, 1.54) is 41.6 Å². The molecule has 2 aromatic carbocycles. The predicted octanol–water partition coefficient (Wildman–Crippen LogP) is 4.06. The van der Waals surface area contributed by atoms with Gasteiger partial charge in [-0.1, -0.05) is 30.3 Å². The Balaban J connectivity index is 1.61. The highest BCUT2D eigenvalue weighted by Gasteiger charge is 2.16. The van der Waals surface area contributed by atoms with Gasteiger partial charge in [-0.15, -0.1) is 11.8 Å². The summed E-state index contributed by atoms with van der Waals surface area (Å²) < 4.78 is 18.1. The van der Waals surface area contributed by atoms with E-state index >= 15 is 0 Å². The van der Waals surface area contributed by atoms with Crippen molar-refractivity contribution in [2.75, 3.05) is 17.7 Å². The molecule has 1 atom stereocenters. The number of thioether (sulfide) groups is 1. The van der Waals surface area contributed by atoms with Gasteiger partial charge in [-0.25, -0.2) is 4.39 Å². The quantitative estimate of drug-likeness (QED) is 0.530. The number of carbonyl (C=O) groups excluding carboxylic acids is 2. The van der Waals surface area contributed by atoms with Crippen LogP contribution in [0.3, 0.4) is 0 Å². The second kappa shape index (κ2) is 10.6. The zero-order valence-electron chi connectivity index (χ0n) is 14.6. The summed E-state index contributed by atoms with van der Waals surface area (Å²) in [4.78, 5) is 23.8. The van der Waals surface area contributed by atoms with E-state index in [-0.39, 0.29) is 23.4 Å². The van der Waals surface area contributed by atoms with Crippen molar-refractivity contribution in [3.63, 3.8) is 0 Å². The lowest BCUT2D eigenvalue weighted by Crippen LogP contribution is -2.21. The molecular formula is C20H22FNO3S. The minimum Gasteiger partial charge on any atom is -0.465 e. The van der Waals surface area contributed by atoms with E-state index < -0.39 is 5.25 Å². The molecule has 0 aromatic heterocycles. The Labute approximate surface area is 157 Å². The Bertz CT molecular complexity index is 707. The van der Waals surface area contributed by atoms with Gasteiger partial charge < -0.3 is 10.1 Å². The highest BCUT2D eigenvalue weighted by Crippen LogP contribution is 2.14. The molecule has 6 heteroatoms. The molecule has 0 fully saturated rings. The number of amides is 1. The fourth-order valence-corrected chi connectivity index (χ4v) is 2.89. The summed E-state index contributed by atoms with van der Waals surface area (Å²) >= 11 is 1.21. The smallest absolute Gasteiger partial charge is 0.318 e. The number of aryl methyl sites for hydroxylation is 1. The average Bonchev–Trinajstić information content (AvgIpc) is 2.66. The first-order valence-corrected chi connectivity index (χ1v) is 9.47. The van der Waals surface area contributed by atoms with Gasteiger partial charge in [-0.3, -0.25) is 9.59 Å². The molecule has 0 aliphatic heterocycles. The molecule has 1 N–H and O–H groups in total. The van der Waals surface area contributed by atoms with Crippen molar-refractivity contribution in [1.29, 1.82) is 0 Å². The zero-order valence-corrected chi connectivity index (χ0v) is 15.4. The summed E-state index contributed by atoms with van der Waals surface area (Å²) in [5.41, 5.74) is 1.73. The number of rotatable bonds is 9. The summed E-state index contributed by atoms with van der Waals surface area (Å²) in [7, 11) is 0. The van der Waals surface area contributed by atoms with Crippen LogP contribution >= 0.6 is 11.8 Å². The van der Waals surface area contributed by atoms with Crippen molar-refractivity contribution in [3.8, 4) is 0 Å². The monoisotopic (exact) mass is 375 g/mol. The molecular weight excluding hydrogens is 353 g/mol. The first-order chi connectivity index (χ1) is 12.5. The third-order valence-electron chi connectivity index (χ3n) is 3.62. The highest BCUT2D eigenvalue weighted by atomic mass is 32.2. The maximum atomic E-state index is 12.8. The van der Waals surface area contributed by atoms with Gasteiger partial charge in [0.15, 0.2) is 0 Å². The Morgan fingerprint density at radius 2 is 1.81 bits per heavy atom. The number of halogens is 1. The Kier molecular flexibility index (Phi) is 8.15. The number of hydrogen-bond donors (Lipinski definition) is 1. The molecule has 0 radical (unpaired) electrons. The number of carbonyl (C=O) groups is 2. The lowest BCUT2D eigenvalue weighted by Gasteiger charge is -2.11. The van der Waals surface area contributed by atoms with Crippen molar-refractivity contribution in [2.24, 2.45) is 0 Å². The number of anilines is 1. The third-order valence-corrected chi connectivity index (χ3v) is 4.74. The van der Waals surface area contributed by atoms with Crippen LogP contribution in [0.25, 0.3) is 0 Å². The third kappa shape index (κ3) is 7.27. The number of ether oxygens (including phenoxy) is 1. The maximum Gasteiger partial charge on any atom is 0.318 e. The van der Waals surface area contributed by atoms with Crippen LogP contribution in [-0.2, 0) is 20.7 Å². The fraction of sp³-hybridized carbons (Fsp3) is 0.300. The van der Waals surface area contributed by atoms with Gasteiger partial charge >= 0.3 is 5.97 Å². The summed E-state index contributed by atoms with van der Waals surface area (Å²) in [6, 6.07) is 15.5. The molecule has 0 spiro atoms. The first kappa shape index (κ1) is 20.0. The molecule has 2 aromatic rings. The van der Waals surface area contributed by atoms with E-state index in [2.05, 4.69) is 5.32 Å². The largest absolute Gasteiger partial charge is 0.465 e. The molecule has 0 aliphatic rings. The van der Waals surface area contributed by atoms with E-state index in [0.29, 0.717) is 12.3 Å². The standard InChI is InChI=1S/C20H22FNO3S/c1-15(20(24)25-13-5-8-16-6-3-2-4-7-16)26-14-19(23)22-18-11-9-17(21)10-12-18/h2-4,6-7,9-12,15H,5,8,13-14H2,1H3,(H,22,23). The lowest BCUT2D eigenvalue weighted by molar-refractivity contribution is -0.142. The van der Waals surface area contributed by atoms with Gasteiger partial charge in [0.2, 0.25) is 5.91 Å². The topological polar surface area (TPSA) is 55.4 Å². The molecule has 0 saturated carbocycles. The van der Waals surface area contributed by atoms with Crippen molar-refractivity contribution in [3.05, 3.63) is 66.0 Å². The number of benzene rings is 2. The minimum absolute atomic E-state index is 0.123. The Morgan fingerprint density at radius 1 is 1.12 bits per heavy atom. The van der Waals surface area contributed by atoms with E-state index in [0.717, 1.165) is 12.8 Å². The molecule has 1 unspecified atom stereocenters. The molecule has 0 saturated heterocycles. The van der Waals surface area contributed by atoms with Crippen LogP contribution in [0.1, 0.15) is 18.9 Å². The summed E-state index contributed by atoms with van der Waals surface area (Å²) in [6.45, 7) is 2.08. The SMILES string of the molecule is CC(SCC(=O)Nc1ccc(F)cc1)C(=O)OCCCc1ccccc1. The van der Waals surface area contributed by atoms with Crippen LogP contribution in [0.5, 0.6) is 0 Å². The average molecular weight is 375 g/mol. The number of nitrogens with one attached hydrogen (secondary N) is 1. The van der Waals surface area contributed by atoms with Gasteiger partial charge in [-0.05, 0) is 49.6 Å². The van der Waals surface area contributed by atoms with E-state index in [1.807, 2.05) is 30.3 Å². The second-order valence-corrected chi connectivity index (χ2v) is 7.09. The second-order valence-electron chi connectivity index (χ2n) is 5.76. The Hall–Kier alpha value is -2.34. The summed E-state index contributed by atoms with van der Waals surface area (Å²) in [6.07, 6.45) is 1.62. The van der Waals surface area contributed by atoms with E-state index in [4.69, 9.17) is 4.74 Å². The van der Waals surface area contributed by atoms with Gasteiger partial charge in [-0.2, -0.15) is 0 Å². The van der Waals surface area contributed by atoms with Crippen molar-refractivity contribution in [2.45, 2.75) is 25.0 Å². The van der Waals surface area contributed by atoms with Crippen LogP contribution in [0.15, 0.2) is 54.6 Å². The van der Waals surface area contributed by atoms with Crippen molar-refractivity contribution in [1.82, 2.24) is 0 Å². The van der Waals surface area contributed by atoms with Gasteiger partial charge in [0, 0.05) is 5.69 Å². The molecule has 0 heterocycles. The maximum absolute atomic E-state index is 12.8. The minimum atomic E-state index is -0.425. The zero-order chi connectivity index (χ0) is 18.8. The molecule has 26 heavy (non-hydrogen) atoms. The van der Waals surface area contributed by atoms with Crippen molar-refractivity contribution >= 4 is 29.3 Å². The first-order valence-electron chi connectivity index (χ1n) is 8.42. The molecule has 138 valence electrons. The lowest BCUT2D eigenvalue weighted by atomic mass is 10.1. The van der Waals surface area contributed by atoms with Gasteiger partial charge in [0.1, 0.15) is 11.1 Å².